The number of amides is 1. The van der Waals surface area contributed by atoms with E-state index in [4.69, 9.17) is 15.6 Å². The monoisotopic (exact) mass is 416 g/mol. The number of rotatable bonds is 6. The molecule has 6 nitrogen and oxygen atoms in total. The Balaban J connectivity index is 1.80. The molecule has 7 heteroatoms. The van der Waals surface area contributed by atoms with Crippen molar-refractivity contribution in [2.45, 2.75) is 6.92 Å². The van der Waals surface area contributed by atoms with Crippen LogP contribution in [0.5, 0.6) is 5.75 Å². The average molecular weight is 417 g/mol. The van der Waals surface area contributed by atoms with Crippen molar-refractivity contribution in [1.82, 2.24) is 9.78 Å². The summed E-state index contributed by atoms with van der Waals surface area (Å²) in [6.45, 7) is 6.12. The number of benzene rings is 2. The van der Waals surface area contributed by atoms with Gasteiger partial charge >= 0.3 is 0 Å². The Morgan fingerprint density at radius 3 is 2.70 bits per heavy atom. The zero-order valence-corrected chi connectivity index (χ0v) is 17.2. The maximum absolute atomic E-state index is 12.1. The van der Waals surface area contributed by atoms with Gasteiger partial charge in [-0.15, -0.1) is 0 Å². The highest BCUT2D eigenvalue weighted by Gasteiger charge is 2.22. The Morgan fingerprint density at radius 1 is 1.23 bits per heavy atom. The molecule has 2 aromatic carbocycles. The second kappa shape index (κ2) is 8.42. The summed E-state index contributed by atoms with van der Waals surface area (Å²) >= 11 is 1.17. The van der Waals surface area contributed by atoms with Crippen LogP contribution in [0, 0.1) is 6.92 Å². The Bertz CT molecular complexity index is 1180. The number of para-hydroxylation sites is 1. The Labute approximate surface area is 178 Å². The molecular formula is C23H20N4O2S. The fourth-order valence-corrected chi connectivity index (χ4v) is 3.80. The number of carbonyl (C=O) groups is 1. The van der Waals surface area contributed by atoms with Crippen molar-refractivity contribution in [3.63, 3.8) is 0 Å². The van der Waals surface area contributed by atoms with E-state index in [-0.39, 0.29) is 11.1 Å². The molecule has 0 bridgehead atoms. The molecule has 1 aliphatic heterocycles. The predicted octanol–water partition coefficient (Wildman–Crippen LogP) is 4.34. The number of aryl methyl sites for hydroxylation is 1. The van der Waals surface area contributed by atoms with Crippen molar-refractivity contribution in [2.75, 3.05) is 6.61 Å². The third-order valence-electron chi connectivity index (χ3n) is 4.51. The van der Waals surface area contributed by atoms with Gasteiger partial charge in [0, 0.05) is 17.3 Å². The minimum Gasteiger partial charge on any atom is -0.490 e. The van der Waals surface area contributed by atoms with Gasteiger partial charge in [0.1, 0.15) is 18.1 Å². The summed E-state index contributed by atoms with van der Waals surface area (Å²) in [6, 6.07) is 15.7. The van der Waals surface area contributed by atoms with Crippen molar-refractivity contribution < 1.29 is 9.53 Å². The van der Waals surface area contributed by atoms with Crippen LogP contribution in [-0.4, -0.2) is 27.5 Å². The first-order valence-corrected chi connectivity index (χ1v) is 10.1. The van der Waals surface area contributed by atoms with E-state index in [1.165, 1.54) is 11.8 Å². The smallest absolute Gasteiger partial charge is 0.286 e. The van der Waals surface area contributed by atoms with Gasteiger partial charge in [-0.1, -0.05) is 30.9 Å². The van der Waals surface area contributed by atoms with Crippen LogP contribution in [0.1, 0.15) is 11.1 Å². The zero-order chi connectivity index (χ0) is 21.1. The normalized spacial score (nSPS) is 14.8. The van der Waals surface area contributed by atoms with E-state index >= 15 is 0 Å². The number of nitrogens with two attached hydrogens (primary N) is 1. The minimum absolute atomic E-state index is 0.253. The van der Waals surface area contributed by atoms with Gasteiger partial charge in [-0.25, -0.2) is 4.68 Å². The van der Waals surface area contributed by atoms with Crippen molar-refractivity contribution in [1.29, 1.82) is 0 Å². The predicted molar refractivity (Wildman–Crippen MR) is 122 cm³/mol. The van der Waals surface area contributed by atoms with Gasteiger partial charge in [-0.2, -0.15) is 10.1 Å². The molecule has 0 aliphatic carbocycles. The second-order valence-electron chi connectivity index (χ2n) is 6.66. The highest BCUT2D eigenvalue weighted by molar-refractivity contribution is 8.18. The Kier molecular flexibility index (Phi) is 5.54. The van der Waals surface area contributed by atoms with Crippen LogP contribution in [0.15, 0.2) is 77.3 Å². The molecule has 0 atom stereocenters. The molecule has 0 saturated heterocycles. The summed E-state index contributed by atoms with van der Waals surface area (Å²) < 4.78 is 7.44. The molecular weight excluding hydrogens is 396 g/mol. The van der Waals surface area contributed by atoms with Crippen LogP contribution in [-0.2, 0) is 4.79 Å². The van der Waals surface area contributed by atoms with Gasteiger partial charge in [-0.3, -0.25) is 4.79 Å². The van der Waals surface area contributed by atoms with Crippen LogP contribution >= 0.6 is 11.8 Å². The first-order chi connectivity index (χ1) is 14.5. The molecule has 3 aromatic rings. The van der Waals surface area contributed by atoms with Crippen LogP contribution in [0.25, 0.3) is 23.0 Å². The molecule has 1 aliphatic rings. The SMILES string of the molecule is C=CCOc1ccc(-c2nn(-c3ccccc3)cc2C=C2SC(N)=NC2=O)c(C)c1. The minimum atomic E-state index is -0.333. The molecule has 150 valence electrons. The lowest BCUT2D eigenvalue weighted by atomic mass is 10.0. The summed E-state index contributed by atoms with van der Waals surface area (Å²) in [5, 5.41) is 5.07. The number of hydrogen-bond donors (Lipinski definition) is 1. The lowest BCUT2D eigenvalue weighted by Gasteiger charge is -2.08. The van der Waals surface area contributed by atoms with Gasteiger partial charge in [-0.05, 0) is 60.7 Å². The summed E-state index contributed by atoms with van der Waals surface area (Å²) in [5.74, 6) is 0.432. The molecule has 1 amide bonds. The molecule has 0 fully saturated rings. The number of thioether (sulfide) groups is 1. The third-order valence-corrected chi connectivity index (χ3v) is 5.32. The molecule has 0 saturated carbocycles. The molecule has 0 radical (unpaired) electrons. The van der Waals surface area contributed by atoms with Crippen LogP contribution in [0.2, 0.25) is 0 Å². The third kappa shape index (κ3) is 4.06. The highest BCUT2D eigenvalue weighted by Crippen LogP contribution is 2.33. The highest BCUT2D eigenvalue weighted by atomic mass is 32.2. The Morgan fingerprint density at radius 2 is 2.03 bits per heavy atom. The molecule has 2 heterocycles. The number of carbonyl (C=O) groups excluding carboxylic acids is 1. The first kappa shape index (κ1) is 19.7. The van der Waals surface area contributed by atoms with E-state index in [1.54, 1.807) is 16.8 Å². The molecule has 1 aromatic heterocycles. The maximum Gasteiger partial charge on any atom is 0.286 e. The van der Waals surface area contributed by atoms with Gasteiger partial charge < -0.3 is 10.5 Å². The molecule has 4 rings (SSSR count). The van der Waals surface area contributed by atoms with Gasteiger partial charge in [0.15, 0.2) is 5.17 Å². The summed E-state index contributed by atoms with van der Waals surface area (Å²) in [7, 11) is 0. The molecule has 0 unspecified atom stereocenters. The summed E-state index contributed by atoms with van der Waals surface area (Å²) in [5.41, 5.74) is 10.2. The molecule has 30 heavy (non-hydrogen) atoms. The van der Waals surface area contributed by atoms with E-state index in [2.05, 4.69) is 11.6 Å². The first-order valence-electron chi connectivity index (χ1n) is 9.33. The molecule has 2 N–H and O–H groups in total. The van der Waals surface area contributed by atoms with E-state index in [0.29, 0.717) is 11.5 Å². The maximum atomic E-state index is 12.1. The van der Waals surface area contributed by atoms with E-state index in [0.717, 1.165) is 33.8 Å². The second-order valence-corrected chi connectivity index (χ2v) is 7.72. The van der Waals surface area contributed by atoms with E-state index < -0.39 is 0 Å². The van der Waals surface area contributed by atoms with Crippen LogP contribution in [0.3, 0.4) is 0 Å². The quantitative estimate of drug-likeness (QED) is 0.477. The largest absolute Gasteiger partial charge is 0.490 e. The number of ether oxygens (including phenoxy) is 1. The lowest BCUT2D eigenvalue weighted by Crippen LogP contribution is -2.01. The number of hydrogen-bond acceptors (Lipinski definition) is 5. The molecule has 0 spiro atoms. The lowest BCUT2D eigenvalue weighted by molar-refractivity contribution is -0.113. The van der Waals surface area contributed by atoms with Crippen molar-refractivity contribution in [3.8, 4) is 22.7 Å². The number of nitrogens with zero attached hydrogens (tertiary/aromatic N) is 3. The zero-order valence-electron chi connectivity index (χ0n) is 16.4. The summed E-state index contributed by atoms with van der Waals surface area (Å²) in [6.07, 6.45) is 5.40. The van der Waals surface area contributed by atoms with Crippen LogP contribution in [0.4, 0.5) is 0 Å². The van der Waals surface area contributed by atoms with Gasteiger partial charge in [0.25, 0.3) is 5.91 Å². The number of amidine groups is 1. The fourth-order valence-electron chi connectivity index (χ4n) is 3.13. The van der Waals surface area contributed by atoms with Crippen molar-refractivity contribution in [3.05, 3.63) is 83.4 Å². The van der Waals surface area contributed by atoms with E-state index in [1.807, 2.05) is 61.7 Å². The van der Waals surface area contributed by atoms with Gasteiger partial charge in [0.2, 0.25) is 0 Å². The fraction of sp³-hybridized carbons (Fsp3) is 0.0870. The topological polar surface area (TPSA) is 82.5 Å². The number of aliphatic imine (C=N–C) groups is 1. The van der Waals surface area contributed by atoms with Crippen molar-refractivity contribution in [2.24, 2.45) is 10.7 Å². The van der Waals surface area contributed by atoms with Gasteiger partial charge in [0.05, 0.1) is 10.6 Å². The van der Waals surface area contributed by atoms with Crippen LogP contribution < -0.4 is 10.5 Å². The average Bonchev–Trinajstić information content (AvgIpc) is 3.30. The standard InChI is InChI=1S/C23H20N4O2S/c1-3-11-29-18-9-10-19(15(2)12-18)21-16(13-20-22(28)25-23(24)30-20)14-27(26-21)17-7-5-4-6-8-17/h3-10,12-14H,1,11H2,2H3,(H2,24,25,28). The van der Waals surface area contributed by atoms with E-state index in [9.17, 15) is 4.79 Å². The van der Waals surface area contributed by atoms with Crippen molar-refractivity contribution >= 4 is 28.9 Å². The number of aromatic nitrogens is 2. The Hall–Kier alpha value is -3.58. The summed E-state index contributed by atoms with van der Waals surface area (Å²) in [4.78, 5) is 16.4.